The molecule has 1 amide bonds. The van der Waals surface area contributed by atoms with Gasteiger partial charge in [-0.1, -0.05) is 30.3 Å². The lowest BCUT2D eigenvalue weighted by molar-refractivity contribution is 0.0700. The molecular formula is C22H19F2N3O. The topological polar surface area (TPSA) is 46.1 Å². The van der Waals surface area contributed by atoms with Crippen molar-refractivity contribution in [3.63, 3.8) is 0 Å². The number of piperidine rings is 1. The number of nitrogens with zero attached hydrogens (tertiary/aromatic N) is 3. The van der Waals surface area contributed by atoms with Crippen molar-refractivity contribution in [3.05, 3.63) is 83.7 Å². The van der Waals surface area contributed by atoms with Crippen molar-refractivity contribution in [2.75, 3.05) is 13.1 Å². The zero-order valence-corrected chi connectivity index (χ0v) is 15.2. The molecule has 1 aromatic heterocycles. The Bertz CT molecular complexity index is 994. The van der Waals surface area contributed by atoms with E-state index in [9.17, 15) is 13.6 Å². The summed E-state index contributed by atoms with van der Waals surface area (Å²) in [5, 5.41) is 0. The number of carbonyl (C=O) groups is 1. The second kappa shape index (κ2) is 7.84. The molecule has 142 valence electrons. The molecule has 1 unspecified atom stereocenters. The molecule has 1 saturated heterocycles. The molecule has 2 heterocycles. The van der Waals surface area contributed by atoms with E-state index in [0.717, 1.165) is 42.3 Å². The quantitative estimate of drug-likeness (QED) is 0.676. The fourth-order valence-corrected chi connectivity index (χ4v) is 3.56. The number of amides is 1. The Morgan fingerprint density at radius 1 is 1.07 bits per heavy atom. The molecule has 1 fully saturated rings. The number of halogens is 2. The summed E-state index contributed by atoms with van der Waals surface area (Å²) in [6.07, 6.45) is 3.37. The highest BCUT2D eigenvalue weighted by molar-refractivity contribution is 5.94. The first-order valence-corrected chi connectivity index (χ1v) is 9.24. The van der Waals surface area contributed by atoms with Crippen LogP contribution in [-0.2, 0) is 0 Å². The van der Waals surface area contributed by atoms with E-state index >= 15 is 0 Å². The molecule has 0 aliphatic carbocycles. The molecule has 28 heavy (non-hydrogen) atoms. The van der Waals surface area contributed by atoms with Crippen molar-refractivity contribution in [2.24, 2.45) is 0 Å². The molecule has 0 saturated carbocycles. The van der Waals surface area contributed by atoms with E-state index in [2.05, 4.69) is 9.97 Å². The summed E-state index contributed by atoms with van der Waals surface area (Å²) in [4.78, 5) is 23.3. The lowest BCUT2D eigenvalue weighted by Gasteiger charge is -2.32. The van der Waals surface area contributed by atoms with Crippen molar-refractivity contribution in [1.82, 2.24) is 14.9 Å². The number of hydrogen-bond acceptors (Lipinski definition) is 3. The Morgan fingerprint density at radius 2 is 1.89 bits per heavy atom. The maximum atomic E-state index is 14.0. The Labute approximate surface area is 161 Å². The SMILES string of the molecule is O=C(c1cc(F)ccc1F)N1CCCC(c2ccnc(-c3ccccc3)n2)C1. The summed E-state index contributed by atoms with van der Waals surface area (Å²) < 4.78 is 27.5. The van der Waals surface area contributed by atoms with Crippen LogP contribution in [0.3, 0.4) is 0 Å². The normalized spacial score (nSPS) is 16.8. The van der Waals surface area contributed by atoms with Gasteiger partial charge >= 0.3 is 0 Å². The van der Waals surface area contributed by atoms with Gasteiger partial charge in [-0.25, -0.2) is 18.7 Å². The zero-order chi connectivity index (χ0) is 19.5. The number of likely N-dealkylation sites (tertiary alicyclic amines) is 1. The molecule has 2 aromatic carbocycles. The van der Waals surface area contributed by atoms with Gasteiger partial charge in [-0.05, 0) is 37.1 Å². The zero-order valence-electron chi connectivity index (χ0n) is 15.2. The maximum absolute atomic E-state index is 14.0. The summed E-state index contributed by atoms with van der Waals surface area (Å²) in [5.41, 5.74) is 1.55. The highest BCUT2D eigenvalue weighted by Gasteiger charge is 2.28. The lowest BCUT2D eigenvalue weighted by atomic mass is 9.94. The minimum Gasteiger partial charge on any atom is -0.338 e. The first-order chi connectivity index (χ1) is 13.6. The summed E-state index contributed by atoms with van der Waals surface area (Å²) in [6, 6.07) is 14.5. The number of rotatable bonds is 3. The lowest BCUT2D eigenvalue weighted by Crippen LogP contribution is -2.39. The van der Waals surface area contributed by atoms with Crippen molar-refractivity contribution in [1.29, 1.82) is 0 Å². The third-order valence-corrected chi connectivity index (χ3v) is 4.99. The van der Waals surface area contributed by atoms with Crippen LogP contribution in [0.4, 0.5) is 8.78 Å². The van der Waals surface area contributed by atoms with Crippen LogP contribution in [0.25, 0.3) is 11.4 Å². The number of hydrogen-bond donors (Lipinski definition) is 0. The van der Waals surface area contributed by atoms with E-state index in [1.165, 1.54) is 0 Å². The van der Waals surface area contributed by atoms with E-state index in [1.807, 2.05) is 36.4 Å². The van der Waals surface area contributed by atoms with Crippen LogP contribution in [0.2, 0.25) is 0 Å². The van der Waals surface area contributed by atoms with E-state index in [-0.39, 0.29) is 11.5 Å². The second-order valence-electron chi connectivity index (χ2n) is 6.89. The van der Waals surface area contributed by atoms with Crippen LogP contribution in [0.5, 0.6) is 0 Å². The maximum Gasteiger partial charge on any atom is 0.256 e. The van der Waals surface area contributed by atoms with Gasteiger partial charge < -0.3 is 4.90 Å². The van der Waals surface area contributed by atoms with Crippen molar-refractivity contribution < 1.29 is 13.6 Å². The largest absolute Gasteiger partial charge is 0.338 e. The van der Waals surface area contributed by atoms with Crippen molar-refractivity contribution in [2.45, 2.75) is 18.8 Å². The average molecular weight is 379 g/mol. The highest BCUT2D eigenvalue weighted by atomic mass is 19.1. The van der Waals surface area contributed by atoms with Gasteiger partial charge in [0.2, 0.25) is 0 Å². The highest BCUT2D eigenvalue weighted by Crippen LogP contribution is 2.28. The van der Waals surface area contributed by atoms with Gasteiger partial charge in [0.15, 0.2) is 5.82 Å². The molecule has 1 aliphatic rings. The Balaban J connectivity index is 1.56. The van der Waals surface area contributed by atoms with Crippen LogP contribution >= 0.6 is 0 Å². The average Bonchev–Trinajstić information content (AvgIpc) is 2.76. The van der Waals surface area contributed by atoms with E-state index in [1.54, 1.807) is 11.1 Å². The third kappa shape index (κ3) is 3.76. The molecule has 1 aliphatic heterocycles. The molecule has 0 radical (unpaired) electrons. The van der Waals surface area contributed by atoms with E-state index in [4.69, 9.17) is 0 Å². The monoisotopic (exact) mass is 379 g/mol. The van der Waals surface area contributed by atoms with Gasteiger partial charge in [0, 0.05) is 36.5 Å². The summed E-state index contributed by atoms with van der Waals surface area (Å²) in [5.74, 6) is -1.15. The molecule has 4 nitrogen and oxygen atoms in total. The number of aromatic nitrogens is 2. The van der Waals surface area contributed by atoms with Crippen molar-refractivity contribution >= 4 is 5.91 Å². The van der Waals surface area contributed by atoms with Crippen LogP contribution in [0.1, 0.15) is 34.8 Å². The number of benzene rings is 2. The Morgan fingerprint density at radius 3 is 2.71 bits per heavy atom. The van der Waals surface area contributed by atoms with Crippen LogP contribution in [0.15, 0.2) is 60.8 Å². The molecule has 1 atom stereocenters. The van der Waals surface area contributed by atoms with E-state index in [0.29, 0.717) is 18.9 Å². The Kier molecular flexibility index (Phi) is 5.10. The first-order valence-electron chi connectivity index (χ1n) is 9.24. The third-order valence-electron chi connectivity index (χ3n) is 4.99. The second-order valence-corrected chi connectivity index (χ2v) is 6.89. The standard InChI is InChI=1S/C22H19F2N3O/c23-17-8-9-19(24)18(13-17)22(28)27-12-4-7-16(14-27)20-10-11-25-21(26-20)15-5-2-1-3-6-15/h1-3,5-6,8-11,13,16H,4,7,12,14H2. The minimum atomic E-state index is -0.707. The smallest absolute Gasteiger partial charge is 0.256 e. The molecule has 0 bridgehead atoms. The van der Waals surface area contributed by atoms with Gasteiger partial charge in [-0.3, -0.25) is 4.79 Å². The summed E-state index contributed by atoms with van der Waals surface area (Å²) in [6.45, 7) is 0.932. The molecule has 4 rings (SSSR count). The molecular weight excluding hydrogens is 360 g/mol. The van der Waals surface area contributed by atoms with Gasteiger partial charge in [0.25, 0.3) is 5.91 Å². The Hall–Kier alpha value is -3.15. The predicted octanol–water partition coefficient (Wildman–Crippen LogP) is 4.44. The molecule has 0 N–H and O–H groups in total. The molecule has 0 spiro atoms. The first kappa shape index (κ1) is 18.2. The van der Waals surface area contributed by atoms with Gasteiger partial charge in [0.1, 0.15) is 11.6 Å². The minimum absolute atomic E-state index is 0.0276. The number of carbonyl (C=O) groups excluding carboxylic acids is 1. The fraction of sp³-hybridized carbons (Fsp3) is 0.227. The molecule has 3 aromatic rings. The van der Waals surface area contributed by atoms with Gasteiger partial charge in [-0.15, -0.1) is 0 Å². The van der Waals surface area contributed by atoms with Crippen LogP contribution < -0.4 is 0 Å². The van der Waals surface area contributed by atoms with Gasteiger partial charge in [-0.2, -0.15) is 0 Å². The fourth-order valence-electron chi connectivity index (χ4n) is 3.56. The predicted molar refractivity (Wildman–Crippen MR) is 102 cm³/mol. The van der Waals surface area contributed by atoms with Gasteiger partial charge in [0.05, 0.1) is 5.56 Å². The summed E-state index contributed by atoms with van der Waals surface area (Å²) in [7, 11) is 0. The van der Waals surface area contributed by atoms with Crippen molar-refractivity contribution in [3.8, 4) is 11.4 Å². The van der Waals surface area contributed by atoms with Crippen LogP contribution in [-0.4, -0.2) is 33.9 Å². The summed E-state index contributed by atoms with van der Waals surface area (Å²) >= 11 is 0. The van der Waals surface area contributed by atoms with Crippen LogP contribution in [0, 0.1) is 11.6 Å². The van der Waals surface area contributed by atoms with E-state index < -0.39 is 17.5 Å². The molecule has 6 heteroatoms.